The van der Waals surface area contributed by atoms with Gasteiger partial charge in [0.05, 0.1) is 10.6 Å². The monoisotopic (exact) mass is 489 g/mol. The van der Waals surface area contributed by atoms with Crippen LogP contribution < -0.4 is 4.31 Å². The lowest BCUT2D eigenvalue weighted by molar-refractivity contribution is 0.373. The molecule has 0 radical (unpaired) electrons. The van der Waals surface area contributed by atoms with Crippen LogP contribution in [-0.4, -0.2) is 24.5 Å². The van der Waals surface area contributed by atoms with Crippen LogP contribution in [0.25, 0.3) is 10.8 Å². The Bertz CT molecular complexity index is 1140. The van der Waals surface area contributed by atoms with Crippen LogP contribution in [0.1, 0.15) is 0 Å². The second-order valence-corrected chi connectivity index (χ2v) is 10.6. The van der Waals surface area contributed by atoms with Crippen molar-refractivity contribution in [1.82, 2.24) is 0 Å². The maximum atomic E-state index is 13.3. The van der Waals surface area contributed by atoms with Crippen LogP contribution in [0.5, 0.6) is 0 Å². The van der Waals surface area contributed by atoms with Crippen LogP contribution in [0.4, 0.5) is 5.69 Å². The van der Waals surface area contributed by atoms with Crippen LogP contribution in [-0.2, 0) is 14.6 Å². The Kier molecular flexibility index (Phi) is 5.68. The second-order valence-electron chi connectivity index (χ2n) is 5.76. The summed E-state index contributed by atoms with van der Waals surface area (Å²) in [6, 6.07) is 16.0. The van der Waals surface area contributed by atoms with Gasteiger partial charge in [0.1, 0.15) is 6.29 Å². The third-order valence-electron chi connectivity index (χ3n) is 3.77. The molecule has 3 aromatic rings. The molecule has 0 saturated carbocycles. The lowest BCUT2D eigenvalue weighted by Gasteiger charge is -2.26. The van der Waals surface area contributed by atoms with Crippen molar-refractivity contribution < 1.29 is 22.8 Å². The van der Waals surface area contributed by atoms with Crippen LogP contribution in [0.15, 0.2) is 70.0 Å². The van der Waals surface area contributed by atoms with Gasteiger partial charge in [0.2, 0.25) is 0 Å². The highest BCUT2D eigenvalue weighted by Gasteiger charge is 2.32. The summed E-state index contributed by atoms with van der Waals surface area (Å²) in [4.78, 5) is 18.8. The van der Waals surface area contributed by atoms with E-state index in [1.54, 1.807) is 36.4 Å². The van der Waals surface area contributed by atoms with Gasteiger partial charge in [0.15, 0.2) is 0 Å². The Morgan fingerprint density at radius 2 is 1.70 bits per heavy atom. The number of hydrogen-bond donors (Lipinski definition) is 2. The van der Waals surface area contributed by atoms with Crippen molar-refractivity contribution in [3.63, 3.8) is 0 Å². The number of halogens is 2. The highest BCUT2D eigenvalue weighted by atomic mass is 79.9. The molecule has 0 unspecified atom stereocenters. The largest absolute Gasteiger partial charge is 0.345 e. The minimum atomic E-state index is -4.70. The van der Waals surface area contributed by atoms with E-state index in [2.05, 4.69) is 15.9 Å². The SMILES string of the molecule is O=P(O)(O)CN(c1cccc2ccccc12)S(=O)(=O)c1cc(Cl)cc(Br)c1. The van der Waals surface area contributed by atoms with Crippen molar-refractivity contribution in [2.45, 2.75) is 4.90 Å². The molecule has 0 bridgehead atoms. The molecular weight excluding hydrogens is 477 g/mol. The molecule has 0 aromatic heterocycles. The van der Waals surface area contributed by atoms with Crippen molar-refractivity contribution in [2.24, 2.45) is 0 Å². The summed E-state index contributed by atoms with van der Waals surface area (Å²) in [5.74, 6) is 0. The average molecular weight is 491 g/mol. The van der Waals surface area contributed by atoms with Crippen molar-refractivity contribution in [3.8, 4) is 0 Å². The number of anilines is 1. The predicted octanol–water partition coefficient (Wildman–Crippen LogP) is 4.59. The lowest BCUT2D eigenvalue weighted by Crippen LogP contribution is -2.32. The Morgan fingerprint density at radius 1 is 1.04 bits per heavy atom. The van der Waals surface area contributed by atoms with Gasteiger partial charge in [-0.15, -0.1) is 0 Å². The Labute approximate surface area is 169 Å². The molecule has 142 valence electrons. The van der Waals surface area contributed by atoms with Crippen LogP contribution >= 0.6 is 35.1 Å². The van der Waals surface area contributed by atoms with Gasteiger partial charge in [0, 0.05) is 14.9 Å². The summed E-state index contributed by atoms with van der Waals surface area (Å²) in [6.45, 7) is 0. The summed E-state index contributed by atoms with van der Waals surface area (Å²) in [6.07, 6.45) is -0.993. The normalized spacial score (nSPS) is 12.3. The molecular formula is C17H14BrClNO5PS. The third kappa shape index (κ3) is 4.54. The summed E-state index contributed by atoms with van der Waals surface area (Å²) in [5, 5.41) is 1.48. The van der Waals surface area contributed by atoms with Crippen molar-refractivity contribution in [1.29, 1.82) is 0 Å². The fraction of sp³-hybridized carbons (Fsp3) is 0.0588. The van der Waals surface area contributed by atoms with Gasteiger partial charge in [-0.25, -0.2) is 8.42 Å². The van der Waals surface area contributed by atoms with Crippen molar-refractivity contribution in [3.05, 3.63) is 70.2 Å². The summed E-state index contributed by atoms with van der Waals surface area (Å²) in [7, 11) is -9.00. The van der Waals surface area contributed by atoms with Gasteiger partial charge < -0.3 is 9.79 Å². The topological polar surface area (TPSA) is 94.9 Å². The van der Waals surface area contributed by atoms with Gasteiger partial charge in [-0.2, -0.15) is 0 Å². The van der Waals surface area contributed by atoms with Gasteiger partial charge in [0.25, 0.3) is 10.0 Å². The van der Waals surface area contributed by atoms with Crippen LogP contribution in [0.3, 0.4) is 0 Å². The van der Waals surface area contributed by atoms with E-state index >= 15 is 0 Å². The molecule has 10 heteroatoms. The van der Waals surface area contributed by atoms with E-state index in [0.29, 0.717) is 9.86 Å². The maximum absolute atomic E-state index is 13.3. The molecule has 0 aliphatic heterocycles. The average Bonchev–Trinajstić information content (AvgIpc) is 2.57. The molecule has 0 atom stereocenters. The number of nitrogens with zero attached hydrogens (tertiary/aromatic N) is 1. The van der Waals surface area contributed by atoms with Gasteiger partial charge >= 0.3 is 7.60 Å². The molecule has 3 rings (SSSR count). The van der Waals surface area contributed by atoms with Crippen molar-refractivity contribution in [2.75, 3.05) is 10.6 Å². The zero-order valence-corrected chi connectivity index (χ0v) is 17.7. The Morgan fingerprint density at radius 3 is 2.37 bits per heavy atom. The van der Waals surface area contributed by atoms with E-state index in [9.17, 15) is 22.8 Å². The van der Waals surface area contributed by atoms with E-state index in [-0.39, 0.29) is 15.6 Å². The molecule has 6 nitrogen and oxygen atoms in total. The number of fused-ring (bicyclic) bond motifs is 1. The standard InChI is InChI=1S/C17H14BrClNO5PS/c18-13-8-14(19)10-15(9-13)27(24,25)20(11-26(21,22)23)17-7-3-5-12-4-1-2-6-16(12)17/h1-10H,11H2,(H2,21,22,23). The molecule has 0 fully saturated rings. The smallest absolute Gasteiger partial charge is 0.323 e. The minimum absolute atomic E-state index is 0.174. The zero-order valence-electron chi connectivity index (χ0n) is 13.7. The van der Waals surface area contributed by atoms with Crippen LogP contribution in [0.2, 0.25) is 5.02 Å². The highest BCUT2D eigenvalue weighted by Crippen LogP contribution is 2.41. The van der Waals surface area contributed by atoms with E-state index in [4.69, 9.17) is 11.6 Å². The van der Waals surface area contributed by atoms with E-state index in [1.165, 1.54) is 24.3 Å². The van der Waals surface area contributed by atoms with Gasteiger partial charge in [-0.3, -0.25) is 8.87 Å². The zero-order chi connectivity index (χ0) is 19.8. The Balaban J connectivity index is 2.26. The molecule has 0 amide bonds. The fourth-order valence-corrected chi connectivity index (χ4v) is 6.53. The summed E-state index contributed by atoms with van der Waals surface area (Å²) < 4.78 is 39.4. The first-order valence-corrected chi connectivity index (χ1v) is 12.0. The number of rotatable bonds is 5. The van der Waals surface area contributed by atoms with Gasteiger partial charge in [-0.05, 0) is 29.7 Å². The first kappa shape index (κ1) is 20.3. The molecule has 0 aliphatic rings. The Hall–Kier alpha value is -1.41. The highest BCUT2D eigenvalue weighted by molar-refractivity contribution is 9.10. The molecule has 0 saturated heterocycles. The minimum Gasteiger partial charge on any atom is -0.323 e. The summed E-state index contributed by atoms with van der Waals surface area (Å²) >= 11 is 9.16. The first-order chi connectivity index (χ1) is 12.6. The number of benzene rings is 3. The lowest BCUT2D eigenvalue weighted by atomic mass is 10.1. The molecule has 0 aliphatic carbocycles. The number of sulfonamides is 1. The predicted molar refractivity (Wildman–Crippen MR) is 110 cm³/mol. The second kappa shape index (κ2) is 7.54. The quantitative estimate of drug-likeness (QED) is 0.510. The van der Waals surface area contributed by atoms with E-state index in [0.717, 1.165) is 9.69 Å². The van der Waals surface area contributed by atoms with E-state index in [1.807, 2.05) is 0 Å². The third-order valence-corrected chi connectivity index (χ3v) is 7.03. The molecule has 0 spiro atoms. The molecule has 27 heavy (non-hydrogen) atoms. The molecule has 3 aromatic carbocycles. The maximum Gasteiger partial charge on any atom is 0.345 e. The van der Waals surface area contributed by atoms with Crippen molar-refractivity contribution >= 4 is 61.6 Å². The summed E-state index contributed by atoms with van der Waals surface area (Å²) in [5.41, 5.74) is 0.174. The van der Waals surface area contributed by atoms with Crippen LogP contribution in [0, 0.1) is 0 Å². The molecule has 0 heterocycles. The van der Waals surface area contributed by atoms with E-state index < -0.39 is 23.9 Å². The fourth-order valence-electron chi connectivity index (χ4n) is 2.68. The first-order valence-electron chi connectivity index (χ1n) is 7.59. The number of hydrogen-bond acceptors (Lipinski definition) is 3. The molecule has 2 N–H and O–H groups in total. The van der Waals surface area contributed by atoms with Gasteiger partial charge in [-0.1, -0.05) is 63.9 Å².